The van der Waals surface area contributed by atoms with Crippen molar-refractivity contribution >= 4 is 5.69 Å². The van der Waals surface area contributed by atoms with Crippen LogP contribution in [-0.2, 0) is 6.54 Å². The zero-order valence-corrected chi connectivity index (χ0v) is 11.7. The molecule has 0 aliphatic carbocycles. The van der Waals surface area contributed by atoms with Gasteiger partial charge in [-0.3, -0.25) is 0 Å². The van der Waals surface area contributed by atoms with E-state index in [1.165, 1.54) is 5.56 Å². The minimum Gasteiger partial charge on any atom is -0.395 e. The maximum Gasteiger partial charge on any atom is 0.0761 e. The molecule has 3 heteroatoms. The molecule has 0 unspecified atom stereocenters. The van der Waals surface area contributed by atoms with Gasteiger partial charge in [0.15, 0.2) is 0 Å². The molecule has 1 atom stereocenters. The molecule has 0 spiro atoms. The van der Waals surface area contributed by atoms with Gasteiger partial charge in [0.1, 0.15) is 0 Å². The van der Waals surface area contributed by atoms with Crippen molar-refractivity contribution in [3.05, 3.63) is 65.7 Å². The lowest BCUT2D eigenvalue weighted by Crippen LogP contribution is -2.26. The molecule has 0 heterocycles. The number of hydrogen-bond acceptors (Lipinski definition) is 3. The maximum absolute atomic E-state index is 9.54. The van der Waals surface area contributed by atoms with E-state index in [0.29, 0.717) is 6.54 Å². The van der Waals surface area contributed by atoms with Crippen LogP contribution in [0, 0.1) is 0 Å². The first kappa shape index (κ1) is 14.6. The smallest absolute Gasteiger partial charge is 0.0761 e. The highest BCUT2D eigenvalue weighted by Gasteiger charge is 2.08. The van der Waals surface area contributed by atoms with Crippen LogP contribution in [0.4, 0.5) is 5.69 Å². The van der Waals surface area contributed by atoms with Crippen LogP contribution in [0.15, 0.2) is 54.6 Å². The van der Waals surface area contributed by atoms with Crippen molar-refractivity contribution in [3.8, 4) is 0 Å². The third kappa shape index (κ3) is 3.83. The summed E-state index contributed by atoms with van der Waals surface area (Å²) in [6, 6.07) is 18.0. The zero-order valence-electron chi connectivity index (χ0n) is 11.7. The normalized spacial score (nSPS) is 12.2. The first-order valence-electron chi connectivity index (χ1n) is 6.88. The Balaban J connectivity index is 2.15. The van der Waals surface area contributed by atoms with Crippen LogP contribution in [0.5, 0.6) is 0 Å². The SMILES string of the molecule is C[C@H](O)c1ccc(N(CCO)Cc2ccccc2)cc1. The van der Waals surface area contributed by atoms with Gasteiger partial charge in [0, 0.05) is 18.8 Å². The van der Waals surface area contributed by atoms with Crippen LogP contribution in [0.1, 0.15) is 24.2 Å². The molecule has 0 saturated heterocycles. The fraction of sp³-hybridized carbons (Fsp3) is 0.294. The molecule has 2 aromatic rings. The summed E-state index contributed by atoms with van der Waals surface area (Å²) in [5, 5.41) is 18.8. The maximum atomic E-state index is 9.54. The number of rotatable bonds is 6. The first-order chi connectivity index (χ1) is 9.70. The quantitative estimate of drug-likeness (QED) is 0.849. The van der Waals surface area contributed by atoms with E-state index in [9.17, 15) is 10.2 Å². The van der Waals surface area contributed by atoms with Crippen molar-refractivity contribution in [2.45, 2.75) is 19.6 Å². The Morgan fingerprint density at radius 3 is 2.20 bits per heavy atom. The van der Waals surface area contributed by atoms with Crippen molar-refractivity contribution in [1.82, 2.24) is 0 Å². The van der Waals surface area contributed by atoms with E-state index in [4.69, 9.17) is 0 Å². The fourth-order valence-corrected chi connectivity index (χ4v) is 2.19. The lowest BCUT2D eigenvalue weighted by Gasteiger charge is -2.24. The van der Waals surface area contributed by atoms with Gasteiger partial charge in [-0.2, -0.15) is 0 Å². The summed E-state index contributed by atoms with van der Waals surface area (Å²) in [6.45, 7) is 3.22. The number of benzene rings is 2. The third-order valence-corrected chi connectivity index (χ3v) is 3.33. The van der Waals surface area contributed by atoms with Gasteiger partial charge in [-0.15, -0.1) is 0 Å². The monoisotopic (exact) mass is 271 g/mol. The summed E-state index contributed by atoms with van der Waals surface area (Å²) >= 11 is 0. The standard InChI is InChI=1S/C17H21NO2/c1-14(20)16-7-9-17(10-8-16)18(11-12-19)13-15-5-3-2-4-6-15/h2-10,14,19-20H,11-13H2,1H3/t14-/m0/s1. The van der Waals surface area contributed by atoms with E-state index in [1.54, 1.807) is 6.92 Å². The van der Waals surface area contributed by atoms with Gasteiger partial charge in [-0.05, 0) is 30.2 Å². The Hall–Kier alpha value is -1.84. The molecule has 0 amide bonds. The summed E-state index contributed by atoms with van der Waals surface area (Å²) in [6.07, 6.45) is -0.454. The minimum absolute atomic E-state index is 0.116. The van der Waals surface area contributed by atoms with Crippen molar-refractivity contribution in [2.24, 2.45) is 0 Å². The van der Waals surface area contributed by atoms with Crippen molar-refractivity contribution in [2.75, 3.05) is 18.1 Å². The zero-order chi connectivity index (χ0) is 14.4. The van der Waals surface area contributed by atoms with Gasteiger partial charge in [-0.1, -0.05) is 42.5 Å². The molecule has 0 aliphatic rings. The van der Waals surface area contributed by atoms with Gasteiger partial charge < -0.3 is 15.1 Å². The highest BCUT2D eigenvalue weighted by Crippen LogP contribution is 2.20. The van der Waals surface area contributed by atoms with E-state index >= 15 is 0 Å². The van der Waals surface area contributed by atoms with Crippen LogP contribution < -0.4 is 4.90 Å². The van der Waals surface area contributed by atoms with Crippen molar-refractivity contribution in [1.29, 1.82) is 0 Å². The molecule has 0 saturated carbocycles. The number of nitrogens with zero attached hydrogens (tertiary/aromatic N) is 1. The summed E-state index contributed by atoms with van der Waals surface area (Å²) in [7, 11) is 0. The molecule has 0 aromatic heterocycles. The molecule has 20 heavy (non-hydrogen) atoms. The second-order valence-electron chi connectivity index (χ2n) is 4.90. The van der Waals surface area contributed by atoms with E-state index in [1.807, 2.05) is 42.5 Å². The first-order valence-corrected chi connectivity index (χ1v) is 6.88. The molecule has 0 bridgehead atoms. The summed E-state index contributed by atoms with van der Waals surface area (Å²) in [5.41, 5.74) is 3.16. The molecule has 0 radical (unpaired) electrons. The molecule has 0 aliphatic heterocycles. The second-order valence-corrected chi connectivity index (χ2v) is 4.90. The topological polar surface area (TPSA) is 43.7 Å². The Bertz CT molecular complexity index is 508. The second kappa shape index (κ2) is 7.08. The van der Waals surface area contributed by atoms with Crippen LogP contribution >= 0.6 is 0 Å². The van der Waals surface area contributed by atoms with Crippen LogP contribution in [-0.4, -0.2) is 23.4 Å². The highest BCUT2D eigenvalue weighted by molar-refractivity contribution is 5.48. The van der Waals surface area contributed by atoms with Crippen LogP contribution in [0.2, 0.25) is 0 Å². The molecule has 3 nitrogen and oxygen atoms in total. The molecule has 2 aromatic carbocycles. The number of aliphatic hydroxyl groups excluding tert-OH is 2. The lowest BCUT2D eigenvalue weighted by molar-refractivity contribution is 0.199. The number of hydrogen-bond donors (Lipinski definition) is 2. The average molecular weight is 271 g/mol. The van der Waals surface area contributed by atoms with Gasteiger partial charge in [0.25, 0.3) is 0 Å². The number of anilines is 1. The van der Waals surface area contributed by atoms with Crippen LogP contribution in [0.25, 0.3) is 0 Å². The van der Waals surface area contributed by atoms with Gasteiger partial charge in [-0.25, -0.2) is 0 Å². The van der Waals surface area contributed by atoms with E-state index in [-0.39, 0.29) is 6.61 Å². The molecule has 2 N–H and O–H groups in total. The van der Waals surface area contributed by atoms with Crippen molar-refractivity contribution < 1.29 is 10.2 Å². The molecular formula is C17H21NO2. The average Bonchev–Trinajstić information content (AvgIpc) is 2.48. The van der Waals surface area contributed by atoms with Crippen LogP contribution in [0.3, 0.4) is 0 Å². The summed E-state index contributed by atoms with van der Waals surface area (Å²) in [4.78, 5) is 2.13. The molecule has 0 fully saturated rings. The van der Waals surface area contributed by atoms with Gasteiger partial charge in [0.05, 0.1) is 12.7 Å². The van der Waals surface area contributed by atoms with E-state index in [0.717, 1.165) is 17.8 Å². The molecule has 106 valence electrons. The molecule has 2 rings (SSSR count). The predicted octanol–water partition coefficient (Wildman–Crippen LogP) is 2.74. The largest absolute Gasteiger partial charge is 0.395 e. The Kier molecular flexibility index (Phi) is 5.16. The summed E-state index contributed by atoms with van der Waals surface area (Å²) in [5.74, 6) is 0. The minimum atomic E-state index is -0.454. The molecular weight excluding hydrogens is 250 g/mol. The lowest BCUT2D eigenvalue weighted by atomic mass is 10.1. The Labute approximate surface area is 120 Å². The number of aliphatic hydroxyl groups is 2. The van der Waals surface area contributed by atoms with Gasteiger partial charge >= 0.3 is 0 Å². The third-order valence-electron chi connectivity index (χ3n) is 3.33. The fourth-order valence-electron chi connectivity index (χ4n) is 2.19. The van der Waals surface area contributed by atoms with Crippen molar-refractivity contribution in [3.63, 3.8) is 0 Å². The highest BCUT2D eigenvalue weighted by atomic mass is 16.3. The summed E-state index contributed by atoms with van der Waals surface area (Å²) < 4.78 is 0. The van der Waals surface area contributed by atoms with E-state index in [2.05, 4.69) is 17.0 Å². The van der Waals surface area contributed by atoms with Gasteiger partial charge in [0.2, 0.25) is 0 Å². The Morgan fingerprint density at radius 2 is 1.65 bits per heavy atom. The Morgan fingerprint density at radius 1 is 1.00 bits per heavy atom. The predicted molar refractivity (Wildman–Crippen MR) is 81.7 cm³/mol. The van der Waals surface area contributed by atoms with E-state index < -0.39 is 6.10 Å².